The van der Waals surface area contributed by atoms with E-state index in [-0.39, 0.29) is 25.9 Å². The Labute approximate surface area is 457 Å². The number of unbranched alkanes of at least 4 members (excludes halogenated alkanes) is 33. The van der Waals surface area contributed by atoms with E-state index in [2.05, 4.69) is 57.2 Å². The molecule has 75 heavy (non-hydrogen) atoms. The molecule has 6 unspecified atom stereocenters. The molecular weight excluding hydrogens is 949 g/mol. The lowest BCUT2D eigenvalue weighted by atomic mass is 9.98. The second-order valence-corrected chi connectivity index (χ2v) is 21.4. The van der Waals surface area contributed by atoms with Crippen LogP contribution in [0.1, 0.15) is 290 Å². The van der Waals surface area contributed by atoms with Gasteiger partial charge >= 0.3 is 23.9 Å². The number of carbonyl (C=O) groups is 4. The van der Waals surface area contributed by atoms with Crippen LogP contribution in [0.4, 0.5) is 0 Å². The van der Waals surface area contributed by atoms with E-state index in [4.69, 9.17) is 23.7 Å². The fourth-order valence-corrected chi connectivity index (χ4v) is 9.44. The highest BCUT2D eigenvalue weighted by Gasteiger charge is 2.50. The fourth-order valence-electron chi connectivity index (χ4n) is 9.44. The van der Waals surface area contributed by atoms with Crippen LogP contribution in [0.3, 0.4) is 0 Å². The lowest BCUT2D eigenvalue weighted by Gasteiger charge is -2.40. The fraction of sp³-hybridized carbons (Fsp3) is 0.841. The van der Waals surface area contributed by atoms with Gasteiger partial charge in [-0.05, 0) is 57.8 Å². The molecule has 1 saturated heterocycles. The third-order valence-electron chi connectivity index (χ3n) is 14.2. The zero-order chi connectivity index (χ0) is 54.7. The monoisotopic (exact) mass is 1060 g/mol. The summed E-state index contributed by atoms with van der Waals surface area (Å²) in [5, 5.41) is 31.5. The molecular formula is C63H112O12. The molecule has 12 nitrogen and oxygen atoms in total. The van der Waals surface area contributed by atoms with Crippen molar-refractivity contribution in [3.8, 4) is 0 Å². The highest BCUT2D eigenvalue weighted by Crippen LogP contribution is 2.27. The van der Waals surface area contributed by atoms with Crippen LogP contribution in [0.15, 0.2) is 36.5 Å². The molecule has 12 heteroatoms. The maximum absolute atomic E-state index is 13.1. The summed E-state index contributed by atoms with van der Waals surface area (Å²) in [7, 11) is 0. The lowest BCUT2D eigenvalue weighted by molar-refractivity contribution is -0.301. The van der Waals surface area contributed by atoms with Gasteiger partial charge in [-0.3, -0.25) is 14.4 Å². The van der Waals surface area contributed by atoms with Crippen LogP contribution in [0.5, 0.6) is 0 Å². The normalized spacial score (nSPS) is 18.3. The minimum absolute atomic E-state index is 0.0494. The van der Waals surface area contributed by atoms with Crippen molar-refractivity contribution in [3.63, 3.8) is 0 Å². The number of hydrogen-bond acceptors (Lipinski definition) is 11. The number of aliphatic carboxylic acids is 1. The lowest BCUT2D eigenvalue weighted by Crippen LogP contribution is -2.61. The van der Waals surface area contributed by atoms with Gasteiger partial charge in [-0.2, -0.15) is 0 Å². The molecule has 1 heterocycles. The van der Waals surface area contributed by atoms with E-state index in [1.54, 1.807) is 0 Å². The molecule has 0 spiro atoms. The van der Waals surface area contributed by atoms with Crippen molar-refractivity contribution in [1.82, 2.24) is 0 Å². The number of carbonyl (C=O) groups excluding carboxylic acids is 3. The van der Waals surface area contributed by atoms with E-state index < -0.39 is 67.3 Å². The molecule has 436 valence electrons. The van der Waals surface area contributed by atoms with Crippen molar-refractivity contribution >= 4 is 23.9 Å². The van der Waals surface area contributed by atoms with Crippen LogP contribution in [0, 0.1) is 0 Å². The van der Waals surface area contributed by atoms with Crippen molar-refractivity contribution in [3.05, 3.63) is 36.5 Å². The first-order valence-electron chi connectivity index (χ1n) is 31.0. The summed E-state index contributed by atoms with van der Waals surface area (Å²) in [5.41, 5.74) is 0. The maximum Gasteiger partial charge on any atom is 0.335 e. The number of carboxylic acids is 1. The molecule has 0 radical (unpaired) electrons. The standard InChI is InChI=1S/C63H112O12/c1-4-7-10-13-16-19-21-23-25-27-28-30-32-34-36-39-42-45-48-51-57(66)74-61-59(68)58(67)60(62(69)70)75-63(61)72-53-54(73-56(65)50-47-44-41-37-18-15-12-9-6-3)52-71-55(64)49-46-43-40-38-35-33-31-29-26-24-22-20-17-14-11-8-5-2/h16,19,23,25,28,30,54,58-61,63,67-68H,4-15,17-18,20-22,24,26-27,29,31-53H2,1-3H3,(H,69,70)/b19-16-,25-23-,30-28-. The molecule has 1 aliphatic heterocycles. The maximum atomic E-state index is 13.1. The SMILES string of the molecule is CCCCC/C=C\C/C=C\C/C=C\CCCCCCCCC(=O)OC1C(OCC(COC(=O)CCCCCCCCCCCCCCCCCCC)OC(=O)CCCCCCCCCCC)OC(C(=O)O)C(O)C1O. The summed E-state index contributed by atoms with van der Waals surface area (Å²) < 4.78 is 28.4. The second kappa shape index (κ2) is 51.7. The zero-order valence-corrected chi connectivity index (χ0v) is 48.1. The van der Waals surface area contributed by atoms with E-state index in [0.29, 0.717) is 19.3 Å². The third-order valence-corrected chi connectivity index (χ3v) is 14.2. The summed E-state index contributed by atoms with van der Waals surface area (Å²) in [6.07, 6.45) is 48.3. The molecule has 0 saturated carbocycles. The highest BCUT2D eigenvalue weighted by molar-refractivity contribution is 5.74. The van der Waals surface area contributed by atoms with Gasteiger partial charge in [-0.15, -0.1) is 0 Å². The first-order valence-corrected chi connectivity index (χ1v) is 31.0. The average Bonchev–Trinajstić information content (AvgIpc) is 3.39. The molecule has 0 aromatic rings. The van der Waals surface area contributed by atoms with Gasteiger partial charge in [0.05, 0.1) is 6.61 Å². The molecule has 3 N–H and O–H groups in total. The molecule has 0 aliphatic carbocycles. The van der Waals surface area contributed by atoms with E-state index in [1.165, 1.54) is 141 Å². The number of rotatable bonds is 53. The van der Waals surface area contributed by atoms with E-state index in [9.17, 15) is 34.5 Å². The number of aliphatic hydroxyl groups is 2. The van der Waals surface area contributed by atoms with Crippen LogP contribution in [-0.4, -0.2) is 89.2 Å². The summed E-state index contributed by atoms with van der Waals surface area (Å²) >= 11 is 0. The largest absolute Gasteiger partial charge is 0.479 e. The average molecular weight is 1060 g/mol. The van der Waals surface area contributed by atoms with Gasteiger partial charge in [0.15, 0.2) is 24.6 Å². The van der Waals surface area contributed by atoms with Crippen LogP contribution in [0.2, 0.25) is 0 Å². The van der Waals surface area contributed by atoms with Gasteiger partial charge in [0.25, 0.3) is 0 Å². The number of esters is 3. The van der Waals surface area contributed by atoms with Crippen molar-refractivity contribution in [2.75, 3.05) is 13.2 Å². The molecule has 1 rings (SSSR count). The Bertz CT molecular complexity index is 1450. The number of carboxylic acid groups (broad SMARTS) is 1. The smallest absolute Gasteiger partial charge is 0.335 e. The summed E-state index contributed by atoms with van der Waals surface area (Å²) in [6, 6.07) is 0. The predicted octanol–water partition coefficient (Wildman–Crippen LogP) is 16.0. The Hall–Kier alpha value is -3.06. The van der Waals surface area contributed by atoms with Gasteiger partial charge in [-0.1, -0.05) is 250 Å². The Morgan fingerprint density at radius 2 is 0.800 bits per heavy atom. The molecule has 0 aromatic carbocycles. The molecule has 1 fully saturated rings. The number of ether oxygens (including phenoxy) is 5. The summed E-state index contributed by atoms with van der Waals surface area (Å²) in [6.45, 7) is 5.97. The topological polar surface area (TPSA) is 175 Å². The Kier molecular flexibility index (Phi) is 48.2. The van der Waals surface area contributed by atoms with Crippen LogP contribution < -0.4 is 0 Å². The first-order chi connectivity index (χ1) is 36.6. The third kappa shape index (κ3) is 41.7. The van der Waals surface area contributed by atoms with Crippen molar-refractivity contribution in [2.24, 2.45) is 0 Å². The van der Waals surface area contributed by atoms with Crippen LogP contribution >= 0.6 is 0 Å². The van der Waals surface area contributed by atoms with Crippen molar-refractivity contribution in [2.45, 2.75) is 327 Å². The quantitative estimate of drug-likeness (QED) is 0.0228. The molecule has 0 aromatic heterocycles. The van der Waals surface area contributed by atoms with Crippen molar-refractivity contribution < 1.29 is 58.2 Å². The van der Waals surface area contributed by atoms with E-state index >= 15 is 0 Å². The Morgan fingerprint density at radius 3 is 1.24 bits per heavy atom. The minimum atomic E-state index is -1.90. The van der Waals surface area contributed by atoms with Crippen LogP contribution in [-0.2, 0) is 42.9 Å². The zero-order valence-electron chi connectivity index (χ0n) is 48.1. The number of hydrogen-bond donors (Lipinski definition) is 3. The van der Waals surface area contributed by atoms with E-state index in [1.807, 2.05) is 0 Å². The van der Waals surface area contributed by atoms with Gasteiger partial charge in [0.2, 0.25) is 0 Å². The molecule has 0 bridgehead atoms. The van der Waals surface area contributed by atoms with Gasteiger partial charge in [-0.25, -0.2) is 4.79 Å². The number of allylic oxidation sites excluding steroid dienone is 6. The predicted molar refractivity (Wildman–Crippen MR) is 303 cm³/mol. The van der Waals surface area contributed by atoms with Gasteiger partial charge in [0, 0.05) is 19.3 Å². The van der Waals surface area contributed by atoms with Gasteiger partial charge in [0.1, 0.15) is 18.8 Å². The highest BCUT2D eigenvalue weighted by atomic mass is 16.7. The van der Waals surface area contributed by atoms with Crippen LogP contribution in [0.25, 0.3) is 0 Å². The van der Waals surface area contributed by atoms with E-state index in [0.717, 1.165) is 89.9 Å². The van der Waals surface area contributed by atoms with Crippen molar-refractivity contribution in [1.29, 1.82) is 0 Å². The summed E-state index contributed by atoms with van der Waals surface area (Å²) in [5.74, 6) is -3.11. The molecule has 0 amide bonds. The Balaban J connectivity index is 2.61. The second-order valence-electron chi connectivity index (χ2n) is 21.4. The summed E-state index contributed by atoms with van der Waals surface area (Å²) in [4.78, 5) is 51.1. The Morgan fingerprint density at radius 1 is 0.440 bits per heavy atom. The number of aliphatic hydroxyl groups excluding tert-OH is 2. The molecule has 6 atom stereocenters. The molecule has 1 aliphatic rings. The minimum Gasteiger partial charge on any atom is -0.479 e. The van der Waals surface area contributed by atoms with Gasteiger partial charge < -0.3 is 39.0 Å². The first kappa shape index (κ1) is 70.0.